The second-order valence-corrected chi connectivity index (χ2v) is 6.89. The van der Waals surface area contributed by atoms with E-state index < -0.39 is 36.8 Å². The third-order valence-corrected chi connectivity index (χ3v) is 4.18. The van der Waals surface area contributed by atoms with Gasteiger partial charge in [-0.3, -0.25) is 4.79 Å². The summed E-state index contributed by atoms with van der Waals surface area (Å²) in [6, 6.07) is 8.20. The first-order valence-electron chi connectivity index (χ1n) is 9.34. The van der Waals surface area contributed by atoms with Crippen LogP contribution in [0.25, 0.3) is 5.69 Å². The second kappa shape index (κ2) is 9.50. The number of nitrogens with zero attached hydrogens (tertiary/aromatic N) is 3. The van der Waals surface area contributed by atoms with Crippen LogP contribution in [0.4, 0.5) is 18.9 Å². The van der Waals surface area contributed by atoms with Crippen LogP contribution in [-0.4, -0.2) is 39.9 Å². The lowest BCUT2D eigenvalue weighted by atomic mass is 10.1. The third kappa shape index (κ3) is 6.06. The summed E-state index contributed by atoms with van der Waals surface area (Å²) in [5, 5.41) is 6.17. The van der Waals surface area contributed by atoms with Gasteiger partial charge in [0.15, 0.2) is 13.2 Å². The Hall–Kier alpha value is -3.89. The minimum atomic E-state index is -4.61. The first kappa shape index (κ1) is 22.8. The van der Waals surface area contributed by atoms with Crippen molar-refractivity contribution in [3.63, 3.8) is 0 Å². The van der Waals surface area contributed by atoms with Gasteiger partial charge in [0.25, 0.3) is 5.91 Å². The number of carbonyl (C=O) groups excluding carboxylic acids is 2. The molecule has 0 spiro atoms. The molecule has 1 amide bonds. The Labute approximate surface area is 181 Å². The highest BCUT2D eigenvalue weighted by Gasteiger charge is 2.31. The standard InChI is InChI=1S/C21H19F3N4O4/c1-13-5-14(2)7-16(6-13)31-10-20(30)32-9-19(29)27-17-8-15(21(22,23)24)3-4-18(17)28-12-25-11-26-28/h3-8,11-12H,9-10H2,1-2H3,(H,27,29). The third-order valence-electron chi connectivity index (χ3n) is 4.18. The van der Waals surface area contributed by atoms with Crippen LogP contribution in [0.3, 0.4) is 0 Å². The van der Waals surface area contributed by atoms with Gasteiger partial charge in [-0.15, -0.1) is 0 Å². The highest BCUT2D eigenvalue weighted by molar-refractivity contribution is 5.94. The normalized spacial score (nSPS) is 11.2. The fourth-order valence-corrected chi connectivity index (χ4v) is 2.88. The molecule has 3 rings (SSSR count). The number of ether oxygens (including phenoxy) is 2. The van der Waals surface area contributed by atoms with E-state index in [-0.39, 0.29) is 11.4 Å². The molecule has 32 heavy (non-hydrogen) atoms. The highest BCUT2D eigenvalue weighted by atomic mass is 19.4. The topological polar surface area (TPSA) is 95.3 Å². The highest BCUT2D eigenvalue weighted by Crippen LogP contribution is 2.33. The Morgan fingerprint density at radius 2 is 1.78 bits per heavy atom. The van der Waals surface area contributed by atoms with Crippen molar-refractivity contribution in [3.05, 3.63) is 65.7 Å². The quantitative estimate of drug-likeness (QED) is 0.557. The molecule has 0 fully saturated rings. The molecule has 11 heteroatoms. The van der Waals surface area contributed by atoms with Crippen molar-refractivity contribution < 1.29 is 32.2 Å². The predicted molar refractivity (Wildman–Crippen MR) is 107 cm³/mol. The van der Waals surface area contributed by atoms with E-state index in [2.05, 4.69) is 15.4 Å². The number of esters is 1. The molecule has 0 unspecified atom stereocenters. The zero-order valence-electron chi connectivity index (χ0n) is 17.1. The van der Waals surface area contributed by atoms with E-state index >= 15 is 0 Å². The van der Waals surface area contributed by atoms with Gasteiger partial charge in [-0.05, 0) is 55.3 Å². The lowest BCUT2D eigenvalue weighted by Crippen LogP contribution is -2.24. The van der Waals surface area contributed by atoms with Gasteiger partial charge in [0, 0.05) is 0 Å². The van der Waals surface area contributed by atoms with Gasteiger partial charge in [0.05, 0.1) is 16.9 Å². The van der Waals surface area contributed by atoms with Crippen molar-refractivity contribution in [1.29, 1.82) is 0 Å². The molecule has 2 aromatic carbocycles. The number of anilines is 1. The lowest BCUT2D eigenvalue weighted by Gasteiger charge is -2.14. The molecule has 8 nitrogen and oxygen atoms in total. The van der Waals surface area contributed by atoms with Crippen LogP contribution in [0.1, 0.15) is 16.7 Å². The van der Waals surface area contributed by atoms with Gasteiger partial charge in [0.1, 0.15) is 18.4 Å². The summed E-state index contributed by atoms with van der Waals surface area (Å²) in [6.45, 7) is 2.62. The number of carbonyl (C=O) groups is 2. The smallest absolute Gasteiger partial charge is 0.416 e. The van der Waals surface area contributed by atoms with Crippen molar-refractivity contribution in [2.45, 2.75) is 20.0 Å². The summed E-state index contributed by atoms with van der Waals surface area (Å²) in [5.41, 5.74) is 0.940. The minimum Gasteiger partial charge on any atom is -0.482 e. The number of amides is 1. The number of hydrogen-bond donors (Lipinski definition) is 1. The number of aromatic nitrogens is 3. The van der Waals surface area contributed by atoms with E-state index in [9.17, 15) is 22.8 Å². The number of aryl methyl sites for hydroxylation is 2. The molecule has 0 aliphatic heterocycles. The first-order chi connectivity index (χ1) is 15.1. The molecule has 0 atom stereocenters. The van der Waals surface area contributed by atoms with Crippen LogP contribution in [0, 0.1) is 13.8 Å². The van der Waals surface area contributed by atoms with Crippen LogP contribution in [0.15, 0.2) is 49.1 Å². The van der Waals surface area contributed by atoms with E-state index in [0.29, 0.717) is 5.75 Å². The lowest BCUT2D eigenvalue weighted by molar-refractivity contribution is -0.149. The second-order valence-electron chi connectivity index (χ2n) is 6.89. The number of hydrogen-bond acceptors (Lipinski definition) is 6. The number of nitrogens with one attached hydrogen (secondary N) is 1. The number of halogens is 3. The van der Waals surface area contributed by atoms with Crippen molar-refractivity contribution in [2.24, 2.45) is 0 Å². The van der Waals surface area contributed by atoms with Crippen LogP contribution in [0.5, 0.6) is 5.75 Å². The predicted octanol–water partition coefficient (Wildman–Crippen LogP) is 3.46. The summed E-state index contributed by atoms with van der Waals surface area (Å²) in [4.78, 5) is 27.8. The van der Waals surface area contributed by atoms with Crippen molar-refractivity contribution in [3.8, 4) is 11.4 Å². The summed E-state index contributed by atoms with van der Waals surface area (Å²) < 4.78 is 50.6. The van der Waals surface area contributed by atoms with Gasteiger partial charge >= 0.3 is 12.1 Å². The maximum absolute atomic E-state index is 13.1. The number of rotatable bonds is 7. The molecule has 1 aromatic heterocycles. The monoisotopic (exact) mass is 448 g/mol. The van der Waals surface area contributed by atoms with Crippen molar-refractivity contribution in [2.75, 3.05) is 18.5 Å². The van der Waals surface area contributed by atoms with Crippen LogP contribution < -0.4 is 10.1 Å². The minimum absolute atomic E-state index is 0.160. The molecule has 1 heterocycles. The van der Waals surface area contributed by atoms with Gasteiger partial charge in [-0.1, -0.05) is 6.07 Å². The zero-order valence-corrected chi connectivity index (χ0v) is 17.1. The molecule has 0 saturated carbocycles. The van der Waals surface area contributed by atoms with Crippen LogP contribution in [0.2, 0.25) is 0 Å². The number of alkyl halides is 3. The van der Waals surface area contributed by atoms with Crippen LogP contribution in [-0.2, 0) is 20.5 Å². The molecular formula is C21H19F3N4O4. The molecule has 0 radical (unpaired) electrons. The van der Waals surface area contributed by atoms with Crippen molar-refractivity contribution in [1.82, 2.24) is 14.8 Å². The summed E-state index contributed by atoms with van der Waals surface area (Å²) >= 11 is 0. The fraction of sp³-hybridized carbons (Fsp3) is 0.238. The number of benzene rings is 2. The first-order valence-corrected chi connectivity index (χ1v) is 9.34. The Morgan fingerprint density at radius 1 is 1.06 bits per heavy atom. The maximum atomic E-state index is 13.1. The average Bonchev–Trinajstić information content (AvgIpc) is 3.24. The van der Waals surface area contributed by atoms with Crippen LogP contribution >= 0.6 is 0 Å². The Morgan fingerprint density at radius 3 is 2.41 bits per heavy atom. The Balaban J connectivity index is 1.62. The van der Waals surface area contributed by atoms with E-state index in [1.54, 1.807) is 12.1 Å². The average molecular weight is 448 g/mol. The zero-order chi connectivity index (χ0) is 23.3. The Bertz CT molecular complexity index is 1090. The Kier molecular flexibility index (Phi) is 6.76. The summed E-state index contributed by atoms with van der Waals surface area (Å²) in [5.74, 6) is -1.16. The molecule has 0 aliphatic carbocycles. The van der Waals surface area contributed by atoms with Gasteiger partial charge in [-0.2, -0.15) is 18.3 Å². The molecule has 1 N–H and O–H groups in total. The fourth-order valence-electron chi connectivity index (χ4n) is 2.88. The molecule has 0 bridgehead atoms. The van der Waals surface area contributed by atoms with E-state index in [1.807, 2.05) is 19.9 Å². The molecule has 0 aliphatic rings. The van der Waals surface area contributed by atoms with E-state index in [4.69, 9.17) is 9.47 Å². The molecule has 168 valence electrons. The maximum Gasteiger partial charge on any atom is 0.416 e. The van der Waals surface area contributed by atoms with E-state index in [1.165, 1.54) is 17.3 Å². The van der Waals surface area contributed by atoms with E-state index in [0.717, 1.165) is 29.3 Å². The summed E-state index contributed by atoms with van der Waals surface area (Å²) in [6.07, 6.45) is -2.15. The van der Waals surface area contributed by atoms with Gasteiger partial charge in [-0.25, -0.2) is 14.5 Å². The largest absolute Gasteiger partial charge is 0.482 e. The van der Waals surface area contributed by atoms with Gasteiger partial charge in [0.2, 0.25) is 0 Å². The molecule has 0 saturated heterocycles. The SMILES string of the molecule is Cc1cc(C)cc(OCC(=O)OCC(=O)Nc2cc(C(F)(F)F)ccc2-n2cncn2)c1. The molecule has 3 aromatic rings. The van der Waals surface area contributed by atoms with Gasteiger partial charge < -0.3 is 14.8 Å². The molecular weight excluding hydrogens is 429 g/mol. The summed E-state index contributed by atoms with van der Waals surface area (Å²) in [7, 11) is 0. The van der Waals surface area contributed by atoms with Crippen molar-refractivity contribution >= 4 is 17.6 Å².